The minimum atomic E-state index is -0.587. The van der Waals surface area contributed by atoms with Gasteiger partial charge < -0.3 is 19.9 Å². The van der Waals surface area contributed by atoms with Gasteiger partial charge in [0.05, 0.1) is 6.54 Å². The highest BCUT2D eigenvalue weighted by atomic mass is 19.1. The fraction of sp³-hybridized carbons (Fsp3) is 0.478. The number of hydrogen-bond acceptors (Lipinski definition) is 3. The monoisotopic (exact) mass is 404 g/mol. The fourth-order valence-corrected chi connectivity index (χ4v) is 4.26. The summed E-state index contributed by atoms with van der Waals surface area (Å²) in [4.78, 5) is 0. The normalized spacial score (nSPS) is 22.6. The quantitative estimate of drug-likeness (QED) is 0.778. The van der Waals surface area contributed by atoms with Gasteiger partial charge in [-0.2, -0.15) is 0 Å². The number of aliphatic hydroxyl groups excluding tert-OH is 1. The molecule has 0 bridgehead atoms. The highest BCUT2D eigenvalue weighted by Crippen LogP contribution is 2.31. The van der Waals surface area contributed by atoms with Gasteiger partial charge in [-0.25, -0.2) is 8.78 Å². The van der Waals surface area contributed by atoms with Gasteiger partial charge in [0.15, 0.2) is 0 Å². The van der Waals surface area contributed by atoms with E-state index < -0.39 is 6.10 Å². The molecule has 156 valence electrons. The third kappa shape index (κ3) is 4.70. The van der Waals surface area contributed by atoms with Crippen LogP contribution < -0.4 is 14.8 Å². The summed E-state index contributed by atoms with van der Waals surface area (Å²) < 4.78 is 38.6. The number of hydrogen-bond donors (Lipinski definition) is 2. The van der Waals surface area contributed by atoms with E-state index in [9.17, 15) is 13.9 Å². The van der Waals surface area contributed by atoms with E-state index in [4.69, 9.17) is 9.47 Å². The number of fused-ring (bicyclic) bond motifs is 2. The SMILES string of the molecule is C[C@H](C[NH2+]C[C@@H](O)[C@@H]1CCc2cc(F)ccc2O1)C1CCc2cc(F)ccc2O1. The van der Waals surface area contributed by atoms with E-state index in [-0.39, 0.29) is 23.8 Å². The molecule has 29 heavy (non-hydrogen) atoms. The fourth-order valence-electron chi connectivity index (χ4n) is 4.26. The zero-order chi connectivity index (χ0) is 20.4. The van der Waals surface area contributed by atoms with E-state index in [1.54, 1.807) is 18.2 Å². The molecule has 0 saturated heterocycles. The van der Waals surface area contributed by atoms with Crippen molar-refractivity contribution in [2.24, 2.45) is 5.92 Å². The van der Waals surface area contributed by atoms with Crippen molar-refractivity contribution in [1.82, 2.24) is 0 Å². The predicted molar refractivity (Wildman–Crippen MR) is 105 cm³/mol. The molecule has 2 aliphatic heterocycles. The van der Waals surface area contributed by atoms with Crippen LogP contribution in [0, 0.1) is 17.6 Å². The molecular weight excluding hydrogens is 376 g/mol. The highest BCUT2D eigenvalue weighted by Gasteiger charge is 2.29. The van der Waals surface area contributed by atoms with Crippen LogP contribution in [-0.4, -0.2) is 36.5 Å². The number of aryl methyl sites for hydroxylation is 2. The standard InChI is InChI=1S/C23H27F2NO3/c1-14(20-6-2-15-10-17(24)4-8-21(15)28-20)12-26-13-19(27)23-7-3-16-11-18(25)5-9-22(16)29-23/h4-5,8-11,14,19-20,23,26-27H,2-3,6-7,12-13H2,1H3/p+1/t14-,19-,20?,23+/m1/s1. The molecule has 1 unspecified atom stereocenters. The zero-order valence-corrected chi connectivity index (χ0v) is 16.6. The molecule has 0 spiro atoms. The van der Waals surface area contributed by atoms with E-state index >= 15 is 0 Å². The first-order valence-electron chi connectivity index (χ1n) is 10.4. The summed E-state index contributed by atoms with van der Waals surface area (Å²) >= 11 is 0. The molecule has 0 saturated carbocycles. The van der Waals surface area contributed by atoms with Gasteiger partial charge in [0.2, 0.25) is 0 Å². The molecule has 0 aliphatic carbocycles. The van der Waals surface area contributed by atoms with Crippen LogP contribution in [0.1, 0.15) is 30.9 Å². The van der Waals surface area contributed by atoms with E-state index in [0.717, 1.165) is 36.3 Å². The van der Waals surface area contributed by atoms with Crippen molar-refractivity contribution < 1.29 is 28.7 Å². The topological polar surface area (TPSA) is 55.3 Å². The summed E-state index contributed by atoms with van der Waals surface area (Å²) in [5.41, 5.74) is 1.79. The van der Waals surface area contributed by atoms with Crippen LogP contribution in [0.25, 0.3) is 0 Å². The molecule has 0 radical (unpaired) electrons. The largest absolute Gasteiger partial charge is 0.490 e. The van der Waals surface area contributed by atoms with Gasteiger partial charge in [-0.15, -0.1) is 0 Å². The average Bonchev–Trinajstić information content (AvgIpc) is 2.72. The lowest BCUT2D eigenvalue weighted by atomic mass is 9.94. The van der Waals surface area contributed by atoms with Gasteiger partial charge in [0.1, 0.15) is 48.0 Å². The van der Waals surface area contributed by atoms with Crippen molar-refractivity contribution in [1.29, 1.82) is 0 Å². The summed E-state index contributed by atoms with van der Waals surface area (Å²) in [7, 11) is 0. The van der Waals surface area contributed by atoms with Crippen molar-refractivity contribution in [3.63, 3.8) is 0 Å². The molecule has 0 fully saturated rings. The van der Waals surface area contributed by atoms with Crippen LogP contribution >= 0.6 is 0 Å². The number of benzene rings is 2. The minimum Gasteiger partial charge on any atom is -0.490 e. The predicted octanol–water partition coefficient (Wildman–Crippen LogP) is 2.61. The van der Waals surface area contributed by atoms with Crippen molar-refractivity contribution >= 4 is 0 Å². The molecule has 2 aromatic carbocycles. The third-order valence-corrected chi connectivity index (χ3v) is 6.01. The first kappa shape index (κ1) is 20.1. The van der Waals surface area contributed by atoms with E-state index in [1.807, 2.05) is 0 Å². The number of quaternary nitrogens is 1. The van der Waals surface area contributed by atoms with Crippen molar-refractivity contribution in [2.45, 2.75) is 50.9 Å². The molecule has 2 aliphatic rings. The Balaban J connectivity index is 1.24. The van der Waals surface area contributed by atoms with Crippen LogP contribution in [-0.2, 0) is 12.8 Å². The van der Waals surface area contributed by atoms with Crippen LogP contribution in [0.2, 0.25) is 0 Å². The second-order valence-electron chi connectivity index (χ2n) is 8.20. The lowest BCUT2D eigenvalue weighted by molar-refractivity contribution is -0.668. The lowest BCUT2D eigenvalue weighted by Crippen LogP contribution is -2.88. The molecule has 4 atom stereocenters. The lowest BCUT2D eigenvalue weighted by Gasteiger charge is -2.31. The molecular formula is C23H28F2NO3+. The van der Waals surface area contributed by atoms with Crippen molar-refractivity contribution in [3.8, 4) is 11.5 Å². The third-order valence-electron chi connectivity index (χ3n) is 6.01. The second kappa shape index (κ2) is 8.67. The van der Waals surface area contributed by atoms with Gasteiger partial charge >= 0.3 is 0 Å². The Hall–Kier alpha value is -2.18. The highest BCUT2D eigenvalue weighted by molar-refractivity contribution is 5.36. The van der Waals surface area contributed by atoms with E-state index in [1.165, 1.54) is 18.2 Å². The summed E-state index contributed by atoms with van der Waals surface area (Å²) in [6.45, 7) is 3.51. The number of aliphatic hydroxyl groups is 1. The summed E-state index contributed by atoms with van der Waals surface area (Å²) in [5.74, 6) is 1.27. The number of ether oxygens (including phenoxy) is 2. The molecule has 0 aromatic heterocycles. The number of rotatable bonds is 6. The maximum Gasteiger partial charge on any atom is 0.139 e. The Labute approximate surface area is 169 Å². The zero-order valence-electron chi connectivity index (χ0n) is 16.6. The van der Waals surface area contributed by atoms with Gasteiger partial charge in [-0.3, -0.25) is 0 Å². The van der Waals surface area contributed by atoms with Gasteiger partial charge in [-0.1, -0.05) is 6.92 Å². The van der Waals surface area contributed by atoms with Crippen LogP contribution in [0.15, 0.2) is 36.4 Å². The number of nitrogens with two attached hydrogens (primary N) is 1. The maximum absolute atomic E-state index is 13.3. The smallest absolute Gasteiger partial charge is 0.139 e. The Morgan fingerprint density at radius 1 is 0.931 bits per heavy atom. The molecule has 3 N–H and O–H groups in total. The maximum atomic E-state index is 13.3. The van der Waals surface area contributed by atoms with E-state index in [0.29, 0.717) is 31.1 Å². The first-order valence-corrected chi connectivity index (χ1v) is 10.4. The summed E-state index contributed by atoms with van der Waals surface area (Å²) in [6, 6.07) is 9.22. The molecule has 2 heterocycles. The Bertz CT molecular complexity index is 791. The first-order chi connectivity index (χ1) is 14.0. The number of halogens is 2. The van der Waals surface area contributed by atoms with Crippen LogP contribution in [0.5, 0.6) is 11.5 Å². The molecule has 4 nitrogen and oxygen atoms in total. The summed E-state index contributed by atoms with van der Waals surface area (Å²) in [6.07, 6.45) is 2.31. The second-order valence-corrected chi connectivity index (χ2v) is 8.20. The minimum absolute atomic E-state index is 0.0917. The molecule has 2 aromatic rings. The average molecular weight is 404 g/mol. The Morgan fingerprint density at radius 3 is 2.10 bits per heavy atom. The van der Waals surface area contributed by atoms with Crippen LogP contribution in [0.3, 0.4) is 0 Å². The van der Waals surface area contributed by atoms with Crippen molar-refractivity contribution in [2.75, 3.05) is 13.1 Å². The van der Waals surface area contributed by atoms with E-state index in [2.05, 4.69) is 12.2 Å². The molecule has 0 amide bonds. The summed E-state index contributed by atoms with van der Waals surface area (Å²) in [5, 5.41) is 12.6. The van der Waals surface area contributed by atoms with Gasteiger partial charge in [0.25, 0.3) is 0 Å². The molecule has 4 rings (SSSR count). The van der Waals surface area contributed by atoms with Gasteiger partial charge in [0, 0.05) is 5.92 Å². The Kier molecular flexibility index (Phi) is 6.01. The van der Waals surface area contributed by atoms with Gasteiger partial charge in [-0.05, 0) is 73.2 Å². The van der Waals surface area contributed by atoms with Crippen molar-refractivity contribution in [3.05, 3.63) is 59.2 Å². The van der Waals surface area contributed by atoms with Crippen LogP contribution in [0.4, 0.5) is 8.78 Å². The Morgan fingerprint density at radius 2 is 1.48 bits per heavy atom. The molecule has 6 heteroatoms.